The summed E-state index contributed by atoms with van der Waals surface area (Å²) < 4.78 is 38.8. The van der Waals surface area contributed by atoms with Crippen molar-refractivity contribution in [3.05, 3.63) is 29.3 Å². The largest absolute Gasteiger partial charge is 0.489 e. The molecule has 0 radical (unpaired) electrons. The first-order valence-corrected chi connectivity index (χ1v) is 9.70. The summed E-state index contributed by atoms with van der Waals surface area (Å²) >= 11 is 0. The summed E-state index contributed by atoms with van der Waals surface area (Å²) in [5.74, 6) is -2.80. The minimum Gasteiger partial charge on any atom is -0.489 e. The molecular formula is C20H29F2N3O4. The van der Waals surface area contributed by atoms with Gasteiger partial charge in [-0.3, -0.25) is 0 Å². The van der Waals surface area contributed by atoms with E-state index in [0.29, 0.717) is 19.7 Å². The Balaban J connectivity index is 1.87. The molecule has 1 saturated carbocycles. The zero-order valence-corrected chi connectivity index (χ0v) is 17.2. The molecule has 7 nitrogen and oxygen atoms in total. The number of hydroxylamine groups is 1. The lowest BCUT2D eigenvalue weighted by molar-refractivity contribution is -0.189. The molecule has 1 aliphatic carbocycles. The molecule has 2 rings (SSSR count). The Morgan fingerprint density at radius 3 is 2.55 bits per heavy atom. The fourth-order valence-corrected chi connectivity index (χ4v) is 2.96. The predicted octanol–water partition coefficient (Wildman–Crippen LogP) is 2.84. The molecule has 1 aromatic rings. The lowest BCUT2D eigenvalue weighted by Crippen LogP contribution is -2.27. The summed E-state index contributed by atoms with van der Waals surface area (Å²) in [4.78, 5) is 19.0. The molecule has 162 valence electrons. The van der Waals surface area contributed by atoms with E-state index in [9.17, 15) is 13.6 Å². The first-order chi connectivity index (χ1) is 13.9. The topological polar surface area (TPSA) is 63.6 Å². The minimum atomic E-state index is -1.08. The van der Waals surface area contributed by atoms with E-state index >= 15 is 0 Å². The highest BCUT2D eigenvalue weighted by atomic mass is 19.2. The van der Waals surface area contributed by atoms with Gasteiger partial charge in [0.05, 0.1) is 25.8 Å². The highest BCUT2D eigenvalue weighted by Crippen LogP contribution is 2.26. The predicted molar refractivity (Wildman–Crippen MR) is 105 cm³/mol. The average Bonchev–Trinajstić information content (AvgIpc) is 3.24. The molecule has 9 heteroatoms. The van der Waals surface area contributed by atoms with E-state index in [1.807, 2.05) is 11.9 Å². The van der Waals surface area contributed by atoms with Crippen molar-refractivity contribution in [2.75, 3.05) is 47.5 Å². The summed E-state index contributed by atoms with van der Waals surface area (Å²) in [6.07, 6.45) is 4.73. The van der Waals surface area contributed by atoms with Crippen LogP contribution in [-0.2, 0) is 14.4 Å². The van der Waals surface area contributed by atoms with Crippen LogP contribution in [0.4, 0.5) is 8.78 Å². The van der Waals surface area contributed by atoms with Gasteiger partial charge in [0.2, 0.25) is 5.82 Å². The second-order valence-corrected chi connectivity index (χ2v) is 7.03. The molecule has 29 heavy (non-hydrogen) atoms. The normalized spacial score (nSPS) is 14.7. The third kappa shape index (κ3) is 7.25. The van der Waals surface area contributed by atoms with Crippen LogP contribution in [0.3, 0.4) is 0 Å². The fourth-order valence-electron chi connectivity index (χ4n) is 2.96. The molecule has 0 N–H and O–H groups in total. The molecular weight excluding hydrogens is 384 g/mol. The third-order valence-electron chi connectivity index (χ3n) is 4.75. The van der Waals surface area contributed by atoms with Gasteiger partial charge in [0.25, 0.3) is 0 Å². The van der Waals surface area contributed by atoms with Crippen LogP contribution in [0.25, 0.3) is 0 Å². The third-order valence-corrected chi connectivity index (χ3v) is 4.75. The first-order valence-electron chi connectivity index (χ1n) is 9.70. The molecule has 0 saturated heterocycles. The molecule has 1 aromatic carbocycles. The second-order valence-electron chi connectivity index (χ2n) is 7.03. The number of rotatable bonds is 11. The first kappa shape index (κ1) is 23.0. The number of carbonyl (C=O) groups is 1. The van der Waals surface area contributed by atoms with Crippen LogP contribution in [-0.4, -0.2) is 69.8 Å². The molecule has 0 atom stereocenters. The molecule has 1 fully saturated rings. The van der Waals surface area contributed by atoms with Crippen molar-refractivity contribution in [3.63, 3.8) is 0 Å². The molecule has 0 unspecified atom stereocenters. The van der Waals surface area contributed by atoms with E-state index in [0.717, 1.165) is 37.1 Å². The molecule has 0 spiro atoms. The number of hydrogen-bond donors (Lipinski definition) is 0. The van der Waals surface area contributed by atoms with Gasteiger partial charge in [0.1, 0.15) is 6.61 Å². The number of benzene rings is 1. The van der Waals surface area contributed by atoms with Crippen LogP contribution in [0.5, 0.6) is 5.75 Å². The highest BCUT2D eigenvalue weighted by molar-refractivity contribution is 5.80. The number of nitrogens with zero attached hydrogens (tertiary/aromatic N) is 3. The summed E-state index contributed by atoms with van der Waals surface area (Å²) in [6, 6.07) is 2.71. The van der Waals surface area contributed by atoms with Crippen LogP contribution < -0.4 is 4.74 Å². The van der Waals surface area contributed by atoms with E-state index in [-0.39, 0.29) is 29.8 Å². The van der Waals surface area contributed by atoms with Crippen LogP contribution in [0, 0.1) is 17.6 Å². The van der Waals surface area contributed by atoms with E-state index in [4.69, 9.17) is 14.3 Å². The van der Waals surface area contributed by atoms with Gasteiger partial charge in [0, 0.05) is 25.8 Å². The van der Waals surface area contributed by atoms with E-state index in [1.54, 1.807) is 7.11 Å². The number of hydrogen-bond acceptors (Lipinski definition) is 7. The number of likely N-dealkylation sites (N-methyl/N-ethyl adjacent to an activating group) is 1. The number of hydrazone groups is 1. The summed E-state index contributed by atoms with van der Waals surface area (Å²) in [6.45, 7) is 2.05. The minimum absolute atomic E-state index is 0.0733. The maximum absolute atomic E-state index is 14.3. The van der Waals surface area contributed by atoms with Gasteiger partial charge in [-0.25, -0.2) is 9.18 Å². The Kier molecular flexibility index (Phi) is 9.27. The average molecular weight is 413 g/mol. The van der Waals surface area contributed by atoms with Crippen LogP contribution in [0.15, 0.2) is 17.2 Å². The van der Waals surface area contributed by atoms with Crippen molar-refractivity contribution < 1.29 is 27.9 Å². The number of carbonyl (C=O) groups excluding carboxylic acids is 1. The summed E-state index contributed by atoms with van der Waals surface area (Å²) in [7, 11) is 4.93. The maximum atomic E-state index is 14.3. The van der Waals surface area contributed by atoms with Crippen molar-refractivity contribution >= 4 is 12.2 Å². The molecule has 0 bridgehead atoms. The number of methoxy groups -OCH3 is 1. The lowest BCUT2D eigenvalue weighted by atomic mass is 10.1. The Morgan fingerprint density at radius 1 is 1.17 bits per heavy atom. The van der Waals surface area contributed by atoms with Crippen molar-refractivity contribution in [1.29, 1.82) is 0 Å². The summed E-state index contributed by atoms with van der Waals surface area (Å²) in [5, 5.41) is 4.81. The van der Waals surface area contributed by atoms with Crippen molar-refractivity contribution in [2.24, 2.45) is 11.0 Å². The van der Waals surface area contributed by atoms with Gasteiger partial charge >= 0.3 is 5.97 Å². The highest BCUT2D eigenvalue weighted by Gasteiger charge is 2.25. The molecule has 0 aliphatic heterocycles. The Morgan fingerprint density at radius 2 is 1.86 bits per heavy atom. The van der Waals surface area contributed by atoms with Crippen molar-refractivity contribution in [2.45, 2.75) is 25.7 Å². The van der Waals surface area contributed by atoms with Gasteiger partial charge in [0.15, 0.2) is 11.6 Å². The monoisotopic (exact) mass is 413 g/mol. The zero-order chi connectivity index (χ0) is 21.2. The molecule has 0 amide bonds. The van der Waals surface area contributed by atoms with Crippen molar-refractivity contribution in [3.8, 4) is 5.75 Å². The molecule has 0 heterocycles. The van der Waals surface area contributed by atoms with Crippen LogP contribution >= 0.6 is 0 Å². The van der Waals surface area contributed by atoms with Crippen molar-refractivity contribution in [1.82, 2.24) is 10.1 Å². The van der Waals surface area contributed by atoms with E-state index in [2.05, 4.69) is 5.10 Å². The van der Waals surface area contributed by atoms with Gasteiger partial charge in [-0.1, -0.05) is 12.8 Å². The fraction of sp³-hybridized carbons (Fsp3) is 0.600. The van der Waals surface area contributed by atoms with Crippen LogP contribution in [0.1, 0.15) is 31.2 Å². The summed E-state index contributed by atoms with van der Waals surface area (Å²) in [5.41, 5.74) is -0.0733. The maximum Gasteiger partial charge on any atom is 0.337 e. The Bertz CT molecular complexity index is 697. The smallest absolute Gasteiger partial charge is 0.337 e. The van der Waals surface area contributed by atoms with Gasteiger partial charge < -0.3 is 19.2 Å². The van der Waals surface area contributed by atoms with E-state index in [1.165, 1.54) is 19.2 Å². The second kappa shape index (κ2) is 11.7. The SMILES string of the molecule is COCCN(C)CCOc1ccc(/C=N/N(C)OC(=O)C2CCCC2)c(F)c1F. The van der Waals surface area contributed by atoms with Gasteiger partial charge in [-0.2, -0.15) is 4.39 Å². The van der Waals surface area contributed by atoms with Gasteiger partial charge in [-0.15, -0.1) is 10.3 Å². The lowest BCUT2D eigenvalue weighted by Gasteiger charge is -2.16. The Hall–Kier alpha value is -2.26. The van der Waals surface area contributed by atoms with E-state index < -0.39 is 11.6 Å². The Labute approximate surface area is 170 Å². The molecule has 0 aromatic heterocycles. The number of ether oxygens (including phenoxy) is 2. The zero-order valence-electron chi connectivity index (χ0n) is 17.2. The number of halogens is 2. The standard InChI is InChI=1S/C20H29F2N3O4/c1-24(10-12-27-3)11-13-28-17-9-8-16(18(21)19(17)22)14-23-25(2)29-20(26)15-6-4-5-7-15/h8-9,14-15H,4-7,10-13H2,1-3H3/b23-14+. The molecule has 1 aliphatic rings. The van der Waals surface area contributed by atoms with Crippen LogP contribution in [0.2, 0.25) is 0 Å². The quantitative estimate of drug-likeness (QED) is 0.411. The van der Waals surface area contributed by atoms with Gasteiger partial charge in [-0.05, 0) is 32.0 Å².